The van der Waals surface area contributed by atoms with Gasteiger partial charge < -0.3 is 9.73 Å². The maximum Gasteiger partial charge on any atom is 0.214 e. The summed E-state index contributed by atoms with van der Waals surface area (Å²) in [5, 5.41) is 4.66. The van der Waals surface area contributed by atoms with E-state index in [0.29, 0.717) is 17.5 Å². The van der Waals surface area contributed by atoms with Gasteiger partial charge in [0.2, 0.25) is 11.0 Å². The third kappa shape index (κ3) is 3.28. The van der Waals surface area contributed by atoms with Crippen LogP contribution in [0.3, 0.4) is 0 Å². The van der Waals surface area contributed by atoms with Crippen molar-refractivity contribution in [3.8, 4) is 11.3 Å². The minimum absolute atomic E-state index is 0.479. The van der Waals surface area contributed by atoms with Crippen molar-refractivity contribution in [1.29, 1.82) is 0 Å². The minimum Gasteiger partial charge on any atom is -0.438 e. The van der Waals surface area contributed by atoms with Crippen LogP contribution in [0.5, 0.6) is 0 Å². The van der Waals surface area contributed by atoms with E-state index in [2.05, 4.69) is 19.7 Å². The lowest BCUT2D eigenvalue weighted by Gasteiger charge is -1.98. The number of hydrogen-bond acceptors (Lipinski definition) is 6. The number of hydrogen-bond donors (Lipinski definition) is 1. The van der Waals surface area contributed by atoms with E-state index in [-0.39, 0.29) is 0 Å². The zero-order valence-corrected chi connectivity index (χ0v) is 13.8. The molecule has 2 aromatic heterocycles. The molecule has 0 saturated heterocycles. The SMILES string of the molecule is CCc1nsc(NCc2nc(C)c(-c3ccc(Cl)cc3)o2)n1. The number of aromatic nitrogens is 3. The highest BCUT2D eigenvalue weighted by molar-refractivity contribution is 7.09. The Balaban J connectivity index is 1.73. The van der Waals surface area contributed by atoms with Crippen molar-refractivity contribution >= 4 is 28.3 Å². The van der Waals surface area contributed by atoms with Gasteiger partial charge >= 0.3 is 0 Å². The Kier molecular flexibility index (Phi) is 4.40. The Morgan fingerprint density at radius 3 is 2.68 bits per heavy atom. The molecule has 3 aromatic rings. The second kappa shape index (κ2) is 6.46. The van der Waals surface area contributed by atoms with Crippen LogP contribution in [-0.2, 0) is 13.0 Å². The van der Waals surface area contributed by atoms with Gasteiger partial charge in [-0.2, -0.15) is 4.37 Å². The van der Waals surface area contributed by atoms with Gasteiger partial charge in [-0.15, -0.1) is 0 Å². The second-order valence-electron chi connectivity index (χ2n) is 4.75. The molecule has 7 heteroatoms. The van der Waals surface area contributed by atoms with Crippen molar-refractivity contribution < 1.29 is 4.42 Å². The number of rotatable bonds is 5. The number of halogens is 1. The number of benzene rings is 1. The lowest BCUT2D eigenvalue weighted by atomic mass is 10.1. The van der Waals surface area contributed by atoms with E-state index in [9.17, 15) is 0 Å². The van der Waals surface area contributed by atoms with Crippen molar-refractivity contribution in [3.63, 3.8) is 0 Å². The van der Waals surface area contributed by atoms with E-state index < -0.39 is 0 Å². The number of aryl methyl sites for hydroxylation is 2. The van der Waals surface area contributed by atoms with Crippen LogP contribution in [0.4, 0.5) is 5.13 Å². The average Bonchev–Trinajstić information content (AvgIpc) is 3.12. The predicted octanol–water partition coefficient (Wildman–Crippen LogP) is 4.33. The van der Waals surface area contributed by atoms with Gasteiger partial charge in [-0.25, -0.2) is 9.97 Å². The summed E-state index contributed by atoms with van der Waals surface area (Å²) in [6.45, 7) is 4.44. The average molecular weight is 335 g/mol. The molecule has 5 nitrogen and oxygen atoms in total. The fourth-order valence-electron chi connectivity index (χ4n) is 2.02. The largest absolute Gasteiger partial charge is 0.438 e. The molecular formula is C15H15ClN4OS. The summed E-state index contributed by atoms with van der Waals surface area (Å²) in [6, 6.07) is 7.52. The van der Waals surface area contributed by atoms with Crippen molar-refractivity contribution in [2.75, 3.05) is 5.32 Å². The van der Waals surface area contributed by atoms with Gasteiger partial charge in [-0.05, 0) is 31.2 Å². The highest BCUT2D eigenvalue weighted by atomic mass is 35.5. The van der Waals surface area contributed by atoms with Gasteiger partial charge in [-0.3, -0.25) is 0 Å². The summed E-state index contributed by atoms with van der Waals surface area (Å²) in [5.74, 6) is 2.23. The van der Waals surface area contributed by atoms with E-state index in [4.69, 9.17) is 16.0 Å². The molecule has 0 spiro atoms. The summed E-state index contributed by atoms with van der Waals surface area (Å²) in [5.41, 5.74) is 1.82. The molecular weight excluding hydrogens is 320 g/mol. The fourth-order valence-corrected chi connectivity index (χ4v) is 2.79. The van der Waals surface area contributed by atoms with E-state index >= 15 is 0 Å². The molecule has 22 heavy (non-hydrogen) atoms. The van der Waals surface area contributed by atoms with E-state index in [1.807, 2.05) is 38.1 Å². The van der Waals surface area contributed by atoms with Crippen molar-refractivity contribution in [2.24, 2.45) is 0 Å². The molecule has 0 unspecified atom stereocenters. The van der Waals surface area contributed by atoms with Crippen LogP contribution in [0, 0.1) is 6.92 Å². The van der Waals surface area contributed by atoms with Crippen LogP contribution < -0.4 is 5.32 Å². The van der Waals surface area contributed by atoms with Crippen LogP contribution in [0.2, 0.25) is 5.02 Å². The first-order valence-corrected chi connectivity index (χ1v) is 8.09. The molecule has 0 radical (unpaired) electrons. The summed E-state index contributed by atoms with van der Waals surface area (Å²) < 4.78 is 10.1. The smallest absolute Gasteiger partial charge is 0.214 e. The zero-order valence-electron chi connectivity index (χ0n) is 12.3. The minimum atomic E-state index is 0.479. The van der Waals surface area contributed by atoms with E-state index in [1.54, 1.807) is 0 Å². The van der Waals surface area contributed by atoms with Crippen molar-refractivity contribution in [2.45, 2.75) is 26.8 Å². The Hall–Kier alpha value is -1.92. The molecule has 0 atom stereocenters. The maximum absolute atomic E-state index is 5.91. The molecule has 2 heterocycles. The molecule has 0 bridgehead atoms. The standard InChI is InChI=1S/C15H15ClN4OS/c1-3-12-19-15(22-20-12)17-8-13-18-9(2)14(21-13)10-4-6-11(16)7-5-10/h4-7H,3,8H2,1-2H3,(H,17,19,20). The Bertz CT molecular complexity index is 766. The predicted molar refractivity (Wildman–Crippen MR) is 88.3 cm³/mol. The zero-order chi connectivity index (χ0) is 15.5. The molecule has 0 aliphatic rings. The van der Waals surface area contributed by atoms with Gasteiger partial charge in [0.15, 0.2) is 5.76 Å². The molecule has 3 rings (SSSR count). The molecule has 0 fully saturated rings. The number of nitrogens with one attached hydrogen (secondary N) is 1. The van der Waals surface area contributed by atoms with Crippen LogP contribution in [-0.4, -0.2) is 14.3 Å². The maximum atomic E-state index is 5.91. The van der Waals surface area contributed by atoms with Crippen LogP contribution in [0.25, 0.3) is 11.3 Å². The third-order valence-electron chi connectivity index (χ3n) is 3.12. The van der Waals surface area contributed by atoms with Gasteiger partial charge in [0.05, 0.1) is 12.2 Å². The Morgan fingerprint density at radius 1 is 1.23 bits per heavy atom. The molecule has 0 aliphatic heterocycles. The van der Waals surface area contributed by atoms with Gasteiger partial charge in [0, 0.05) is 28.5 Å². The lowest BCUT2D eigenvalue weighted by Crippen LogP contribution is -1.99. The van der Waals surface area contributed by atoms with E-state index in [0.717, 1.165) is 34.4 Å². The van der Waals surface area contributed by atoms with Crippen molar-refractivity contribution in [3.05, 3.63) is 46.7 Å². The molecule has 1 aromatic carbocycles. The first-order valence-electron chi connectivity index (χ1n) is 6.94. The molecule has 0 saturated carbocycles. The highest BCUT2D eigenvalue weighted by Crippen LogP contribution is 2.26. The first-order chi connectivity index (χ1) is 10.7. The summed E-state index contributed by atoms with van der Waals surface area (Å²) in [7, 11) is 0. The summed E-state index contributed by atoms with van der Waals surface area (Å²) in [4.78, 5) is 8.80. The van der Waals surface area contributed by atoms with Crippen LogP contribution in [0.1, 0.15) is 24.3 Å². The fraction of sp³-hybridized carbons (Fsp3) is 0.267. The number of anilines is 1. The van der Waals surface area contributed by atoms with Crippen molar-refractivity contribution in [1.82, 2.24) is 14.3 Å². The first kappa shape index (κ1) is 15.0. The van der Waals surface area contributed by atoms with Gasteiger partial charge in [0.1, 0.15) is 5.82 Å². The normalized spacial score (nSPS) is 10.9. The second-order valence-corrected chi connectivity index (χ2v) is 5.94. The molecule has 0 aliphatic carbocycles. The number of nitrogens with zero attached hydrogens (tertiary/aromatic N) is 3. The monoisotopic (exact) mass is 334 g/mol. The van der Waals surface area contributed by atoms with Gasteiger partial charge in [-0.1, -0.05) is 18.5 Å². The topological polar surface area (TPSA) is 63.8 Å². The quantitative estimate of drug-likeness (QED) is 0.752. The highest BCUT2D eigenvalue weighted by Gasteiger charge is 2.12. The Labute approximate surface area is 137 Å². The molecule has 114 valence electrons. The molecule has 1 N–H and O–H groups in total. The lowest BCUT2D eigenvalue weighted by molar-refractivity contribution is 0.516. The number of oxazole rings is 1. The summed E-state index contributed by atoms with van der Waals surface area (Å²) in [6.07, 6.45) is 0.830. The van der Waals surface area contributed by atoms with Crippen LogP contribution in [0.15, 0.2) is 28.7 Å². The molecule has 0 amide bonds. The third-order valence-corrected chi connectivity index (χ3v) is 4.09. The van der Waals surface area contributed by atoms with Crippen LogP contribution >= 0.6 is 23.1 Å². The summed E-state index contributed by atoms with van der Waals surface area (Å²) >= 11 is 7.25. The van der Waals surface area contributed by atoms with E-state index in [1.165, 1.54) is 11.5 Å². The van der Waals surface area contributed by atoms with Gasteiger partial charge in [0.25, 0.3) is 0 Å². The Morgan fingerprint density at radius 2 is 2.00 bits per heavy atom.